The smallest absolute Gasteiger partial charge is 0.306 e. The van der Waals surface area contributed by atoms with Crippen LogP contribution in [0.4, 0.5) is 0 Å². The van der Waals surface area contributed by atoms with Gasteiger partial charge in [-0.1, -0.05) is 24.3 Å². The van der Waals surface area contributed by atoms with Gasteiger partial charge in [-0.05, 0) is 48.7 Å². The largest absolute Gasteiger partial charge is 0.507 e. The molecule has 0 saturated carbocycles. The molecule has 3 N–H and O–H groups in total. The van der Waals surface area contributed by atoms with Crippen molar-refractivity contribution in [3.05, 3.63) is 93.0 Å². The third kappa shape index (κ3) is 4.85. The van der Waals surface area contributed by atoms with Crippen LogP contribution in [0, 0.1) is 6.92 Å². The molecule has 8 heteroatoms. The van der Waals surface area contributed by atoms with Crippen molar-refractivity contribution in [1.29, 1.82) is 0 Å². The van der Waals surface area contributed by atoms with Gasteiger partial charge in [0.15, 0.2) is 0 Å². The van der Waals surface area contributed by atoms with Crippen LogP contribution in [-0.2, 0) is 29.1 Å². The standard InChI is InChI=1S/C28H30N2O6/c1-17-12-24(32)27(22(14-26(33)36-3)18-8-9-25(35-2)20(13-18)16-31)28(34)30(17)11-10-19-15-29-23-7-5-4-6-21(19)23/h4-9,12-13,15,22,29,31-32H,10-11,14,16H2,1-3H3/t22-/m1/s1. The van der Waals surface area contributed by atoms with E-state index in [-0.39, 0.29) is 29.9 Å². The molecule has 0 amide bonds. The zero-order valence-corrected chi connectivity index (χ0v) is 20.6. The first-order valence-corrected chi connectivity index (χ1v) is 11.7. The molecule has 0 bridgehead atoms. The van der Waals surface area contributed by atoms with E-state index in [0.29, 0.717) is 35.5 Å². The van der Waals surface area contributed by atoms with Gasteiger partial charge >= 0.3 is 5.97 Å². The number of benzene rings is 2. The number of aliphatic hydroxyl groups is 1. The average molecular weight is 491 g/mol. The lowest BCUT2D eigenvalue weighted by Crippen LogP contribution is -2.29. The van der Waals surface area contributed by atoms with E-state index >= 15 is 0 Å². The maximum atomic E-state index is 13.8. The molecule has 0 fully saturated rings. The minimum Gasteiger partial charge on any atom is -0.507 e. The summed E-state index contributed by atoms with van der Waals surface area (Å²) in [5.74, 6) is -0.995. The Morgan fingerprint density at radius 2 is 1.89 bits per heavy atom. The van der Waals surface area contributed by atoms with Crippen LogP contribution >= 0.6 is 0 Å². The first-order valence-electron chi connectivity index (χ1n) is 11.7. The molecule has 4 aromatic rings. The third-order valence-electron chi connectivity index (χ3n) is 6.63. The van der Waals surface area contributed by atoms with E-state index in [9.17, 15) is 19.8 Å². The molecule has 36 heavy (non-hydrogen) atoms. The van der Waals surface area contributed by atoms with Crippen LogP contribution in [0.5, 0.6) is 11.5 Å². The molecule has 0 spiro atoms. The Balaban J connectivity index is 1.77. The van der Waals surface area contributed by atoms with Crippen molar-refractivity contribution in [2.75, 3.05) is 14.2 Å². The SMILES string of the molecule is COC(=O)C[C@H](c1ccc(OC)c(CO)c1)c1c(O)cc(C)n(CCc2c[nH]c3ccccc23)c1=O. The first kappa shape index (κ1) is 25.1. The summed E-state index contributed by atoms with van der Waals surface area (Å²) in [6.07, 6.45) is 2.40. The van der Waals surface area contributed by atoms with Crippen molar-refractivity contribution in [2.24, 2.45) is 0 Å². The number of carbonyl (C=O) groups excluding carboxylic acids is 1. The number of ether oxygens (including phenoxy) is 2. The number of fused-ring (bicyclic) bond motifs is 1. The molecule has 1 atom stereocenters. The van der Waals surface area contributed by atoms with Crippen LogP contribution in [0.25, 0.3) is 10.9 Å². The van der Waals surface area contributed by atoms with E-state index in [1.807, 2.05) is 30.5 Å². The van der Waals surface area contributed by atoms with Crippen LogP contribution in [0.2, 0.25) is 0 Å². The number of nitrogens with one attached hydrogen (secondary N) is 1. The molecule has 188 valence electrons. The van der Waals surface area contributed by atoms with Crippen LogP contribution in [0.3, 0.4) is 0 Å². The minimum absolute atomic E-state index is 0.110. The van der Waals surface area contributed by atoms with Gasteiger partial charge in [0.2, 0.25) is 0 Å². The highest BCUT2D eigenvalue weighted by Gasteiger charge is 2.27. The van der Waals surface area contributed by atoms with E-state index in [4.69, 9.17) is 9.47 Å². The molecule has 0 aliphatic heterocycles. The molecule has 2 aromatic heterocycles. The highest BCUT2D eigenvalue weighted by molar-refractivity contribution is 5.83. The highest BCUT2D eigenvalue weighted by atomic mass is 16.5. The number of esters is 1. The van der Waals surface area contributed by atoms with Crippen LogP contribution in [0.1, 0.15) is 40.3 Å². The minimum atomic E-state index is -0.777. The Labute approximate surface area is 208 Å². The second-order valence-electron chi connectivity index (χ2n) is 8.71. The van der Waals surface area contributed by atoms with Gasteiger partial charge in [-0.3, -0.25) is 9.59 Å². The molecule has 0 aliphatic rings. The Morgan fingerprint density at radius 3 is 2.61 bits per heavy atom. The van der Waals surface area contributed by atoms with Gasteiger partial charge in [-0.2, -0.15) is 0 Å². The molecule has 8 nitrogen and oxygen atoms in total. The van der Waals surface area contributed by atoms with E-state index in [1.54, 1.807) is 35.8 Å². The molecule has 0 unspecified atom stereocenters. The number of methoxy groups -OCH3 is 2. The molecule has 0 radical (unpaired) electrons. The summed E-state index contributed by atoms with van der Waals surface area (Å²) >= 11 is 0. The normalized spacial score (nSPS) is 12.0. The fourth-order valence-corrected chi connectivity index (χ4v) is 4.72. The number of pyridine rings is 1. The summed E-state index contributed by atoms with van der Waals surface area (Å²) in [7, 11) is 2.78. The number of rotatable bonds is 9. The van der Waals surface area contributed by atoms with Crippen molar-refractivity contribution in [2.45, 2.75) is 38.8 Å². The van der Waals surface area contributed by atoms with Gasteiger partial charge in [0, 0.05) is 40.8 Å². The second-order valence-corrected chi connectivity index (χ2v) is 8.71. The zero-order chi connectivity index (χ0) is 25.8. The second kappa shape index (κ2) is 10.7. The molecular formula is C28H30N2O6. The fourth-order valence-electron chi connectivity index (χ4n) is 4.72. The van der Waals surface area contributed by atoms with Crippen LogP contribution in [0.15, 0.2) is 59.5 Å². The summed E-state index contributed by atoms with van der Waals surface area (Å²) in [6.45, 7) is 1.89. The lowest BCUT2D eigenvalue weighted by molar-refractivity contribution is -0.140. The topological polar surface area (TPSA) is 114 Å². The van der Waals surface area contributed by atoms with E-state index in [2.05, 4.69) is 4.98 Å². The number of carbonyl (C=O) groups is 1. The number of para-hydroxylation sites is 1. The summed E-state index contributed by atoms with van der Waals surface area (Å²) in [4.78, 5) is 29.4. The number of aromatic nitrogens is 2. The zero-order valence-electron chi connectivity index (χ0n) is 20.6. The predicted octanol–water partition coefficient (Wildman–Crippen LogP) is 3.78. The van der Waals surface area contributed by atoms with Gasteiger partial charge in [-0.15, -0.1) is 0 Å². The summed E-state index contributed by atoms with van der Waals surface area (Å²) in [5.41, 5.74) is 3.56. The first-order chi connectivity index (χ1) is 17.4. The number of aliphatic hydroxyl groups excluding tert-OH is 1. The number of aromatic amines is 1. The monoisotopic (exact) mass is 490 g/mol. The third-order valence-corrected chi connectivity index (χ3v) is 6.63. The summed E-state index contributed by atoms with van der Waals surface area (Å²) in [6, 6.07) is 14.6. The lowest BCUT2D eigenvalue weighted by atomic mass is 9.87. The maximum absolute atomic E-state index is 13.8. The van der Waals surface area contributed by atoms with Crippen molar-refractivity contribution in [3.63, 3.8) is 0 Å². The summed E-state index contributed by atoms with van der Waals surface area (Å²) < 4.78 is 11.8. The molecule has 2 aromatic carbocycles. The highest BCUT2D eigenvalue weighted by Crippen LogP contribution is 2.35. The quantitative estimate of drug-likeness (QED) is 0.308. The van der Waals surface area contributed by atoms with Crippen molar-refractivity contribution < 1.29 is 24.5 Å². The number of H-pyrrole nitrogens is 1. The number of nitrogens with zero attached hydrogens (tertiary/aromatic N) is 1. The van der Waals surface area contributed by atoms with E-state index < -0.39 is 11.9 Å². The van der Waals surface area contributed by atoms with Gasteiger partial charge in [0.05, 0.1) is 32.8 Å². The van der Waals surface area contributed by atoms with E-state index in [0.717, 1.165) is 16.5 Å². The fraction of sp³-hybridized carbons (Fsp3) is 0.286. The molecular weight excluding hydrogens is 460 g/mol. The van der Waals surface area contributed by atoms with Gasteiger partial charge in [0.25, 0.3) is 5.56 Å². The lowest BCUT2D eigenvalue weighted by Gasteiger charge is -2.21. The van der Waals surface area contributed by atoms with Crippen LogP contribution in [-0.4, -0.2) is 40.0 Å². The number of hydrogen-bond acceptors (Lipinski definition) is 6. The molecule has 4 rings (SSSR count). The number of aryl methyl sites for hydroxylation is 2. The van der Waals surface area contributed by atoms with Gasteiger partial charge < -0.3 is 29.2 Å². The van der Waals surface area contributed by atoms with Gasteiger partial charge in [-0.25, -0.2) is 0 Å². The van der Waals surface area contributed by atoms with Crippen molar-refractivity contribution in [3.8, 4) is 11.5 Å². The number of aromatic hydroxyl groups is 1. The molecule has 0 aliphatic carbocycles. The average Bonchev–Trinajstić information content (AvgIpc) is 3.30. The van der Waals surface area contributed by atoms with Crippen molar-refractivity contribution >= 4 is 16.9 Å². The Bertz CT molecular complexity index is 1450. The predicted molar refractivity (Wildman–Crippen MR) is 136 cm³/mol. The molecule has 2 heterocycles. The maximum Gasteiger partial charge on any atom is 0.306 e. The molecule has 0 saturated heterocycles. The number of hydrogen-bond donors (Lipinski definition) is 3. The van der Waals surface area contributed by atoms with Crippen LogP contribution < -0.4 is 10.3 Å². The van der Waals surface area contributed by atoms with E-state index in [1.165, 1.54) is 14.2 Å². The summed E-state index contributed by atoms with van der Waals surface area (Å²) in [5, 5.41) is 21.8. The van der Waals surface area contributed by atoms with Gasteiger partial charge in [0.1, 0.15) is 11.5 Å². The Hall–Kier alpha value is -4.04. The Kier molecular flexibility index (Phi) is 7.45. The van der Waals surface area contributed by atoms with Crippen molar-refractivity contribution in [1.82, 2.24) is 9.55 Å². The Morgan fingerprint density at radius 1 is 1.11 bits per heavy atom.